The topological polar surface area (TPSA) is 76.6 Å². The van der Waals surface area contributed by atoms with Gasteiger partial charge in [0.1, 0.15) is 6.61 Å². The second kappa shape index (κ2) is 5.86. The van der Waals surface area contributed by atoms with Crippen molar-refractivity contribution < 1.29 is 17.9 Å². The van der Waals surface area contributed by atoms with Crippen LogP contribution in [-0.2, 0) is 14.6 Å². The monoisotopic (exact) mass is 366 g/mol. The number of carbonyl (C=O) groups excluding carboxylic acids is 1. The fourth-order valence-electron chi connectivity index (χ4n) is 2.47. The first-order valence-electron chi connectivity index (χ1n) is 7.50. The van der Waals surface area contributed by atoms with Crippen molar-refractivity contribution in [2.75, 3.05) is 17.3 Å². The number of benzene rings is 1. The maximum atomic E-state index is 12.0. The Morgan fingerprint density at radius 1 is 1.38 bits per heavy atom. The number of aromatic nitrogens is 1. The molecule has 3 rings (SSSR count). The highest BCUT2D eigenvalue weighted by Gasteiger charge is 2.42. The van der Waals surface area contributed by atoms with E-state index in [-0.39, 0.29) is 10.6 Å². The van der Waals surface area contributed by atoms with Crippen molar-refractivity contribution in [2.24, 2.45) is 0 Å². The summed E-state index contributed by atoms with van der Waals surface area (Å²) in [5, 5.41) is 2.36. The number of anilines is 1. The van der Waals surface area contributed by atoms with E-state index < -0.39 is 21.5 Å². The molecule has 2 heterocycles. The summed E-state index contributed by atoms with van der Waals surface area (Å²) in [6.07, 6.45) is -0.414. The average molecular weight is 366 g/mol. The minimum absolute atomic E-state index is 0.0482. The Morgan fingerprint density at radius 2 is 2.12 bits per heavy atom. The lowest BCUT2D eigenvalue weighted by Crippen LogP contribution is -2.42. The van der Waals surface area contributed by atoms with E-state index in [2.05, 4.69) is 4.98 Å². The number of hydrogen-bond donors (Lipinski definition) is 0. The van der Waals surface area contributed by atoms with Gasteiger partial charge in [0.2, 0.25) is 0 Å². The molecule has 1 fully saturated rings. The smallest absolute Gasteiger partial charge is 0.416 e. The normalized spacial score (nSPS) is 17.1. The summed E-state index contributed by atoms with van der Waals surface area (Å²) in [6.45, 7) is 5.75. The third-order valence-corrected chi connectivity index (χ3v) is 6.45. The first-order valence-corrected chi connectivity index (χ1v) is 10.0. The molecule has 8 heteroatoms. The van der Waals surface area contributed by atoms with Crippen molar-refractivity contribution in [3.63, 3.8) is 0 Å². The first kappa shape index (κ1) is 16.9. The number of rotatable bonds is 4. The average Bonchev–Trinajstić information content (AvgIpc) is 3.12. The Balaban J connectivity index is 1.97. The molecule has 1 aromatic carbocycles. The summed E-state index contributed by atoms with van der Waals surface area (Å²) in [7, 11) is -3.27. The molecule has 0 bridgehead atoms. The molecule has 128 valence electrons. The van der Waals surface area contributed by atoms with Gasteiger partial charge in [0.25, 0.3) is 0 Å². The largest absolute Gasteiger partial charge is 0.447 e. The van der Waals surface area contributed by atoms with Crippen LogP contribution in [0.3, 0.4) is 0 Å². The Morgan fingerprint density at radius 3 is 2.75 bits per heavy atom. The maximum absolute atomic E-state index is 12.0. The van der Waals surface area contributed by atoms with Crippen LogP contribution in [0, 0.1) is 0 Å². The zero-order valence-corrected chi connectivity index (χ0v) is 15.3. The predicted octanol–water partition coefficient (Wildman–Crippen LogP) is 3.34. The quantitative estimate of drug-likeness (QED) is 0.829. The highest BCUT2D eigenvalue weighted by molar-refractivity contribution is 7.91. The van der Waals surface area contributed by atoms with Gasteiger partial charge in [0.05, 0.1) is 21.9 Å². The van der Waals surface area contributed by atoms with Gasteiger partial charge in [-0.25, -0.2) is 23.1 Å². The van der Waals surface area contributed by atoms with Gasteiger partial charge in [-0.3, -0.25) is 0 Å². The highest BCUT2D eigenvalue weighted by atomic mass is 32.2. The van der Waals surface area contributed by atoms with Crippen molar-refractivity contribution >= 4 is 32.4 Å². The van der Waals surface area contributed by atoms with Gasteiger partial charge in [0.15, 0.2) is 15.0 Å². The van der Waals surface area contributed by atoms with Gasteiger partial charge < -0.3 is 4.74 Å². The number of nitrogens with zero attached hydrogens (tertiary/aromatic N) is 2. The number of thiazole rings is 1. The summed E-state index contributed by atoms with van der Waals surface area (Å²) in [5.41, 5.74) is 0.885. The maximum Gasteiger partial charge on any atom is 0.416 e. The van der Waals surface area contributed by atoms with Gasteiger partial charge in [-0.05, 0) is 26.0 Å². The SMILES string of the molecule is CCS(=O)(=O)c1cccc(-c2csc(N3C(=O)OCC3(C)C)n2)c1. The van der Waals surface area contributed by atoms with Crippen LogP contribution >= 0.6 is 11.3 Å². The third kappa shape index (κ3) is 2.91. The molecule has 1 saturated heterocycles. The summed E-state index contributed by atoms with van der Waals surface area (Å²) in [5.74, 6) is 0.0482. The van der Waals surface area contributed by atoms with Crippen molar-refractivity contribution in [3.05, 3.63) is 29.6 Å². The molecular weight excluding hydrogens is 348 g/mol. The summed E-state index contributed by atoms with van der Waals surface area (Å²) in [4.78, 5) is 18.3. The molecule has 0 N–H and O–H groups in total. The van der Waals surface area contributed by atoms with Gasteiger partial charge in [0, 0.05) is 10.9 Å². The standard InChI is InChI=1S/C16H18N2O4S2/c1-4-24(20,21)12-7-5-6-11(8-12)13-9-23-14(17-13)18-15(19)22-10-16(18,2)3/h5-9H,4,10H2,1-3H3. The number of amides is 1. The molecule has 0 unspecified atom stereocenters. The van der Waals surface area contributed by atoms with Crippen molar-refractivity contribution in [2.45, 2.75) is 31.2 Å². The fraction of sp³-hybridized carbons (Fsp3) is 0.375. The minimum Gasteiger partial charge on any atom is -0.447 e. The van der Waals surface area contributed by atoms with E-state index >= 15 is 0 Å². The van der Waals surface area contributed by atoms with Crippen LogP contribution in [0.15, 0.2) is 34.5 Å². The summed E-state index contributed by atoms with van der Waals surface area (Å²) >= 11 is 1.33. The minimum atomic E-state index is -3.27. The van der Waals surface area contributed by atoms with Crippen molar-refractivity contribution in [3.8, 4) is 11.3 Å². The van der Waals surface area contributed by atoms with Gasteiger partial charge in [-0.1, -0.05) is 19.1 Å². The van der Waals surface area contributed by atoms with Crippen LogP contribution in [0.5, 0.6) is 0 Å². The second-order valence-corrected chi connectivity index (χ2v) is 9.26. The Kier molecular flexibility index (Phi) is 4.13. The molecule has 6 nitrogen and oxygen atoms in total. The zero-order chi connectivity index (χ0) is 17.5. The number of sulfone groups is 1. The molecule has 24 heavy (non-hydrogen) atoms. The van der Waals surface area contributed by atoms with E-state index in [1.165, 1.54) is 16.2 Å². The third-order valence-electron chi connectivity index (χ3n) is 3.89. The number of hydrogen-bond acceptors (Lipinski definition) is 6. The van der Waals surface area contributed by atoms with E-state index in [0.29, 0.717) is 23.0 Å². The first-order chi connectivity index (χ1) is 11.2. The van der Waals surface area contributed by atoms with Gasteiger partial charge in [-0.15, -0.1) is 11.3 Å². The molecule has 0 saturated carbocycles. The molecule has 0 radical (unpaired) electrons. The van der Waals surface area contributed by atoms with Crippen LogP contribution in [0.4, 0.5) is 9.93 Å². The van der Waals surface area contributed by atoms with Crippen molar-refractivity contribution in [1.29, 1.82) is 0 Å². The predicted molar refractivity (Wildman–Crippen MR) is 93.2 cm³/mol. The summed E-state index contributed by atoms with van der Waals surface area (Å²) in [6, 6.07) is 6.70. The molecule has 0 aliphatic carbocycles. The van der Waals surface area contributed by atoms with Crippen LogP contribution in [0.25, 0.3) is 11.3 Å². The molecule has 1 aromatic heterocycles. The van der Waals surface area contributed by atoms with Crippen LogP contribution in [0.1, 0.15) is 20.8 Å². The summed E-state index contributed by atoms with van der Waals surface area (Å²) < 4.78 is 29.2. The number of ether oxygens (including phenoxy) is 1. The Labute approximate surface area is 145 Å². The molecule has 1 amide bonds. The van der Waals surface area contributed by atoms with E-state index in [1.807, 2.05) is 19.2 Å². The van der Waals surface area contributed by atoms with Crippen LogP contribution < -0.4 is 4.90 Å². The lowest BCUT2D eigenvalue weighted by atomic mass is 10.1. The Bertz CT molecular complexity index is 887. The van der Waals surface area contributed by atoms with E-state index in [9.17, 15) is 13.2 Å². The van der Waals surface area contributed by atoms with E-state index in [1.54, 1.807) is 31.2 Å². The van der Waals surface area contributed by atoms with Crippen molar-refractivity contribution in [1.82, 2.24) is 4.98 Å². The molecule has 0 atom stereocenters. The lowest BCUT2D eigenvalue weighted by Gasteiger charge is -2.24. The number of cyclic esters (lactones) is 1. The highest BCUT2D eigenvalue weighted by Crippen LogP contribution is 2.35. The van der Waals surface area contributed by atoms with E-state index in [0.717, 1.165) is 0 Å². The molecule has 0 spiro atoms. The molecular formula is C16H18N2O4S2. The molecule has 2 aromatic rings. The van der Waals surface area contributed by atoms with E-state index in [4.69, 9.17) is 4.74 Å². The Hall–Kier alpha value is -1.93. The number of carbonyl (C=O) groups is 1. The second-order valence-electron chi connectivity index (χ2n) is 6.15. The van der Waals surface area contributed by atoms with Crippen LogP contribution in [-0.4, -0.2) is 37.4 Å². The molecule has 1 aliphatic heterocycles. The zero-order valence-electron chi connectivity index (χ0n) is 13.6. The molecule has 1 aliphatic rings. The van der Waals surface area contributed by atoms with Gasteiger partial charge in [-0.2, -0.15) is 0 Å². The fourth-order valence-corrected chi connectivity index (χ4v) is 4.38. The van der Waals surface area contributed by atoms with Gasteiger partial charge >= 0.3 is 6.09 Å². The van der Waals surface area contributed by atoms with Crippen LogP contribution in [0.2, 0.25) is 0 Å². The lowest BCUT2D eigenvalue weighted by molar-refractivity contribution is 0.175.